The van der Waals surface area contributed by atoms with Crippen LogP contribution in [0.5, 0.6) is 0 Å². The second kappa shape index (κ2) is 8.55. The Labute approximate surface area is 73.5 Å². The lowest BCUT2D eigenvalue weighted by Crippen LogP contribution is -2.15. The van der Waals surface area contributed by atoms with Gasteiger partial charge in [-0.2, -0.15) is 0 Å². The lowest BCUT2D eigenvalue weighted by atomic mass is 9.73. The molecule has 0 fully saturated rings. The van der Waals surface area contributed by atoms with Crippen LogP contribution in [0.4, 0.5) is 0 Å². The molecule has 4 nitrogen and oxygen atoms in total. The van der Waals surface area contributed by atoms with Gasteiger partial charge in [-0.1, -0.05) is 6.32 Å². The summed E-state index contributed by atoms with van der Waals surface area (Å²) >= 11 is 0. The number of esters is 1. The monoisotopic (exact) mass is 173 g/mol. The van der Waals surface area contributed by atoms with Gasteiger partial charge in [-0.25, -0.2) is 5.48 Å². The largest absolute Gasteiger partial charge is 0.466 e. The maximum atomic E-state index is 10.8. The molecule has 2 N–H and O–H groups in total. The molecule has 0 saturated carbocycles. The van der Waals surface area contributed by atoms with E-state index < -0.39 is 0 Å². The van der Waals surface area contributed by atoms with Gasteiger partial charge < -0.3 is 9.94 Å². The summed E-state index contributed by atoms with van der Waals surface area (Å²) in [6, 6.07) is 0. The van der Waals surface area contributed by atoms with E-state index in [-0.39, 0.29) is 5.97 Å². The fourth-order valence-corrected chi connectivity index (χ4v) is 0.883. The molecule has 0 atom stereocenters. The molecule has 0 radical (unpaired) electrons. The number of rotatable bonds is 7. The molecule has 0 saturated heterocycles. The quantitative estimate of drug-likeness (QED) is 0.248. The molecule has 0 aromatic rings. The third-order valence-corrected chi connectivity index (χ3v) is 1.47. The molecule has 0 aliphatic carbocycles. The molecule has 0 amide bonds. The van der Waals surface area contributed by atoms with Gasteiger partial charge in [0.25, 0.3) is 0 Å². The molecule has 0 spiro atoms. The molecule has 0 unspecified atom stereocenters. The molecule has 5 heteroatoms. The van der Waals surface area contributed by atoms with Crippen LogP contribution in [-0.2, 0) is 9.53 Å². The fourth-order valence-electron chi connectivity index (χ4n) is 0.883. The minimum Gasteiger partial charge on any atom is -0.466 e. The molecule has 0 heterocycles. The second-order valence-corrected chi connectivity index (χ2v) is 2.52. The molecule has 0 aliphatic rings. The van der Waals surface area contributed by atoms with Crippen molar-refractivity contribution in [2.75, 3.05) is 13.1 Å². The summed E-state index contributed by atoms with van der Waals surface area (Å²) in [4.78, 5) is 10.8. The van der Waals surface area contributed by atoms with Gasteiger partial charge in [-0.15, -0.1) is 0 Å². The average Bonchev–Trinajstić information content (AvgIpc) is 2.05. The normalized spacial score (nSPS) is 9.50. The van der Waals surface area contributed by atoms with Crippen LogP contribution < -0.4 is 5.48 Å². The Bertz CT molecular complexity index is 121. The summed E-state index contributed by atoms with van der Waals surface area (Å²) in [5.74, 6) is -0.130. The number of hydroxylamine groups is 1. The Morgan fingerprint density at radius 3 is 3.00 bits per heavy atom. The Morgan fingerprint density at radius 1 is 1.67 bits per heavy atom. The highest BCUT2D eigenvalue weighted by Gasteiger charge is 2.00. The molecule has 0 aromatic carbocycles. The van der Waals surface area contributed by atoms with Crippen molar-refractivity contribution in [2.45, 2.75) is 26.1 Å². The van der Waals surface area contributed by atoms with Gasteiger partial charge in [0.15, 0.2) is 0 Å². The molecular formula is C7H16BNO3. The lowest BCUT2D eigenvalue weighted by molar-refractivity contribution is -0.143. The maximum Gasteiger partial charge on any atom is 0.305 e. The highest BCUT2D eigenvalue weighted by molar-refractivity contribution is 6.35. The Balaban J connectivity index is 3.03. The number of hydrogen-bond acceptors (Lipinski definition) is 4. The van der Waals surface area contributed by atoms with Gasteiger partial charge >= 0.3 is 5.97 Å². The predicted molar refractivity (Wildman–Crippen MR) is 47.6 cm³/mol. The van der Waals surface area contributed by atoms with E-state index in [4.69, 9.17) is 9.94 Å². The van der Waals surface area contributed by atoms with Crippen LogP contribution in [0.15, 0.2) is 0 Å². The summed E-state index contributed by atoms with van der Waals surface area (Å²) in [7, 11) is 0.885. The SMILES string of the molecule is CCOC(=O)CCCBCNO. The summed E-state index contributed by atoms with van der Waals surface area (Å²) < 4.78 is 4.74. The van der Waals surface area contributed by atoms with Crippen molar-refractivity contribution in [3.63, 3.8) is 0 Å². The fraction of sp³-hybridized carbons (Fsp3) is 0.857. The molecular weight excluding hydrogens is 157 g/mol. The third kappa shape index (κ3) is 7.56. The standard InChI is InChI=1S/C7H16BNO3/c1-2-12-7(10)4-3-5-8-6-9-11/h8-9,11H,2-6H2,1H3. The minimum atomic E-state index is -0.130. The first-order valence-corrected chi connectivity index (χ1v) is 4.33. The number of hydrogen-bond donors (Lipinski definition) is 2. The first kappa shape index (κ1) is 11.5. The highest BCUT2D eigenvalue weighted by Crippen LogP contribution is 1.96. The number of carbonyl (C=O) groups is 1. The van der Waals surface area contributed by atoms with Crippen molar-refractivity contribution in [1.82, 2.24) is 5.48 Å². The zero-order valence-corrected chi connectivity index (χ0v) is 7.51. The smallest absolute Gasteiger partial charge is 0.305 e. The van der Waals surface area contributed by atoms with E-state index >= 15 is 0 Å². The zero-order chi connectivity index (χ0) is 9.23. The molecule has 0 rings (SSSR count). The van der Waals surface area contributed by atoms with Gasteiger partial charge in [0.2, 0.25) is 0 Å². The number of carbonyl (C=O) groups excluding carboxylic acids is 1. The molecule has 12 heavy (non-hydrogen) atoms. The summed E-state index contributed by atoms with van der Waals surface area (Å²) in [5.41, 5.74) is 2.06. The van der Waals surface area contributed by atoms with Crippen LogP contribution in [-0.4, -0.2) is 31.5 Å². The first-order valence-electron chi connectivity index (χ1n) is 4.33. The van der Waals surface area contributed by atoms with E-state index in [1.54, 1.807) is 6.92 Å². The Kier molecular flexibility index (Phi) is 8.16. The summed E-state index contributed by atoms with van der Waals surface area (Å²) in [5, 5.41) is 8.22. The minimum absolute atomic E-state index is 0.130. The van der Waals surface area contributed by atoms with E-state index in [1.807, 2.05) is 0 Å². The van der Waals surface area contributed by atoms with Crippen LogP contribution >= 0.6 is 0 Å². The van der Waals surface area contributed by atoms with Gasteiger partial charge in [0.1, 0.15) is 7.28 Å². The van der Waals surface area contributed by atoms with Gasteiger partial charge in [0, 0.05) is 6.42 Å². The van der Waals surface area contributed by atoms with Crippen LogP contribution in [0.25, 0.3) is 0 Å². The molecule has 70 valence electrons. The zero-order valence-electron chi connectivity index (χ0n) is 7.51. The predicted octanol–water partition coefficient (Wildman–Crippen LogP) is 0.121. The number of nitrogens with one attached hydrogen (secondary N) is 1. The van der Waals surface area contributed by atoms with E-state index in [9.17, 15) is 4.79 Å². The summed E-state index contributed by atoms with van der Waals surface area (Å²) in [6.45, 7) is 2.25. The van der Waals surface area contributed by atoms with Crippen molar-refractivity contribution in [2.24, 2.45) is 0 Å². The summed E-state index contributed by atoms with van der Waals surface area (Å²) in [6.07, 6.45) is 2.84. The second-order valence-electron chi connectivity index (χ2n) is 2.52. The third-order valence-electron chi connectivity index (χ3n) is 1.47. The van der Waals surface area contributed by atoms with E-state index in [2.05, 4.69) is 5.48 Å². The highest BCUT2D eigenvalue weighted by atomic mass is 16.5. The van der Waals surface area contributed by atoms with Crippen molar-refractivity contribution in [3.8, 4) is 0 Å². The molecule has 0 bridgehead atoms. The lowest BCUT2D eigenvalue weighted by Gasteiger charge is -2.00. The van der Waals surface area contributed by atoms with Crippen molar-refractivity contribution in [3.05, 3.63) is 0 Å². The van der Waals surface area contributed by atoms with Crippen LogP contribution in [0.2, 0.25) is 6.32 Å². The van der Waals surface area contributed by atoms with Crippen LogP contribution in [0.3, 0.4) is 0 Å². The van der Waals surface area contributed by atoms with E-state index in [1.165, 1.54) is 0 Å². The Hall–Kier alpha value is -0.545. The topological polar surface area (TPSA) is 58.6 Å². The number of ether oxygens (including phenoxy) is 1. The van der Waals surface area contributed by atoms with Gasteiger partial charge in [-0.05, 0) is 19.8 Å². The van der Waals surface area contributed by atoms with E-state index in [0.29, 0.717) is 19.5 Å². The van der Waals surface area contributed by atoms with Crippen molar-refractivity contribution < 1.29 is 14.7 Å². The average molecular weight is 173 g/mol. The van der Waals surface area contributed by atoms with Gasteiger partial charge in [0.05, 0.1) is 6.61 Å². The van der Waals surface area contributed by atoms with Crippen molar-refractivity contribution >= 4 is 13.2 Å². The maximum absolute atomic E-state index is 10.8. The van der Waals surface area contributed by atoms with Crippen LogP contribution in [0, 0.1) is 0 Å². The van der Waals surface area contributed by atoms with Crippen molar-refractivity contribution in [1.29, 1.82) is 0 Å². The van der Waals surface area contributed by atoms with E-state index in [0.717, 1.165) is 20.0 Å². The van der Waals surface area contributed by atoms with Gasteiger partial charge in [-0.3, -0.25) is 4.79 Å². The Morgan fingerprint density at radius 2 is 2.42 bits per heavy atom. The first-order chi connectivity index (χ1) is 5.81. The van der Waals surface area contributed by atoms with Crippen LogP contribution in [0.1, 0.15) is 19.8 Å². The molecule has 0 aliphatic heterocycles. The molecule has 0 aromatic heterocycles.